The third-order valence-corrected chi connectivity index (χ3v) is 3.96. The average Bonchev–Trinajstić information content (AvgIpc) is 3.34. The number of halogens is 2. The smallest absolute Gasteiger partial charge is 0.272 e. The third kappa shape index (κ3) is 3.20. The van der Waals surface area contributed by atoms with Crippen molar-refractivity contribution in [2.24, 2.45) is 0 Å². The lowest BCUT2D eigenvalue weighted by Crippen LogP contribution is -2.11. The largest absolute Gasteiger partial charge is 0.356 e. The molecule has 0 spiro atoms. The number of H-pyrrole nitrogens is 1. The van der Waals surface area contributed by atoms with Crippen molar-refractivity contribution in [1.82, 2.24) is 19.7 Å². The van der Waals surface area contributed by atoms with Gasteiger partial charge >= 0.3 is 0 Å². The predicted molar refractivity (Wildman–Crippen MR) is 95.5 cm³/mol. The zero-order valence-corrected chi connectivity index (χ0v) is 13.9. The van der Waals surface area contributed by atoms with Crippen molar-refractivity contribution in [2.45, 2.75) is 0 Å². The van der Waals surface area contributed by atoms with E-state index < -0.39 is 11.6 Å². The van der Waals surface area contributed by atoms with Crippen molar-refractivity contribution in [2.75, 3.05) is 5.32 Å². The van der Waals surface area contributed by atoms with Gasteiger partial charge in [0.15, 0.2) is 17.5 Å². The first-order valence-corrected chi connectivity index (χ1v) is 8.03. The number of carbonyl (C=O) groups is 1. The summed E-state index contributed by atoms with van der Waals surface area (Å²) in [5.74, 6) is -2.04. The van der Waals surface area contributed by atoms with Crippen LogP contribution in [0.3, 0.4) is 0 Å². The Kier molecular flexibility index (Phi) is 4.21. The molecule has 27 heavy (non-hydrogen) atoms. The van der Waals surface area contributed by atoms with E-state index in [1.54, 1.807) is 24.4 Å². The van der Waals surface area contributed by atoms with Crippen LogP contribution >= 0.6 is 0 Å². The van der Waals surface area contributed by atoms with Gasteiger partial charge in [0.1, 0.15) is 12.0 Å². The van der Waals surface area contributed by atoms with Gasteiger partial charge in [-0.2, -0.15) is 0 Å². The van der Waals surface area contributed by atoms with Gasteiger partial charge in [0.25, 0.3) is 5.91 Å². The quantitative estimate of drug-likeness (QED) is 0.578. The average molecular weight is 365 g/mol. The molecule has 2 aromatic carbocycles. The van der Waals surface area contributed by atoms with E-state index in [9.17, 15) is 13.6 Å². The summed E-state index contributed by atoms with van der Waals surface area (Å²) in [4.78, 5) is 15.2. The number of aromatic amines is 1. The number of aromatic nitrogens is 4. The minimum Gasteiger partial charge on any atom is -0.356 e. The van der Waals surface area contributed by atoms with Crippen LogP contribution in [0, 0.1) is 11.6 Å². The maximum atomic E-state index is 14.1. The Bertz CT molecular complexity index is 1100. The Balaban J connectivity index is 1.64. The van der Waals surface area contributed by atoms with Gasteiger partial charge < -0.3 is 10.3 Å². The second-order valence-electron chi connectivity index (χ2n) is 5.72. The zero-order chi connectivity index (χ0) is 18.8. The number of nitrogens with one attached hydrogen (secondary N) is 2. The summed E-state index contributed by atoms with van der Waals surface area (Å²) in [6.07, 6.45) is 2.83. The molecule has 0 fully saturated rings. The van der Waals surface area contributed by atoms with Gasteiger partial charge in [-0.25, -0.2) is 8.78 Å². The van der Waals surface area contributed by atoms with Gasteiger partial charge in [-0.15, -0.1) is 10.2 Å². The van der Waals surface area contributed by atoms with Crippen LogP contribution in [0.5, 0.6) is 0 Å². The van der Waals surface area contributed by atoms with E-state index in [2.05, 4.69) is 20.5 Å². The molecule has 6 nitrogen and oxygen atoms in total. The van der Waals surface area contributed by atoms with Crippen molar-refractivity contribution in [1.29, 1.82) is 0 Å². The number of carbonyl (C=O) groups excluding carboxylic acids is 1. The molecule has 2 heterocycles. The number of anilines is 1. The summed E-state index contributed by atoms with van der Waals surface area (Å²) >= 11 is 0. The maximum absolute atomic E-state index is 14.1. The summed E-state index contributed by atoms with van der Waals surface area (Å²) in [6.45, 7) is 0. The Hall–Kier alpha value is -3.81. The molecule has 134 valence electrons. The summed E-state index contributed by atoms with van der Waals surface area (Å²) in [6, 6.07) is 14.4. The van der Waals surface area contributed by atoms with Crippen molar-refractivity contribution >= 4 is 11.6 Å². The molecule has 2 N–H and O–H groups in total. The molecule has 0 atom stereocenters. The number of rotatable bonds is 4. The normalized spacial score (nSPS) is 10.7. The van der Waals surface area contributed by atoms with Crippen LogP contribution in [0.4, 0.5) is 14.5 Å². The highest BCUT2D eigenvalue weighted by atomic mass is 19.2. The molecule has 1 amide bonds. The van der Waals surface area contributed by atoms with E-state index in [0.717, 1.165) is 6.07 Å². The first-order valence-electron chi connectivity index (χ1n) is 8.03. The van der Waals surface area contributed by atoms with Gasteiger partial charge in [0.05, 0.1) is 5.69 Å². The van der Waals surface area contributed by atoms with Crippen LogP contribution in [0.25, 0.3) is 17.1 Å². The Labute approximate surface area is 152 Å². The van der Waals surface area contributed by atoms with E-state index in [1.165, 1.54) is 23.0 Å². The van der Waals surface area contributed by atoms with Crippen LogP contribution in [0.1, 0.15) is 10.5 Å². The number of para-hydroxylation sites is 1. The highest BCUT2D eigenvalue weighted by Gasteiger charge is 2.17. The van der Waals surface area contributed by atoms with Crippen LogP contribution in [0.2, 0.25) is 0 Å². The van der Waals surface area contributed by atoms with Gasteiger partial charge in [0, 0.05) is 17.4 Å². The summed E-state index contributed by atoms with van der Waals surface area (Å²) in [5, 5.41) is 10.5. The molecule has 4 aromatic rings. The molecule has 4 rings (SSSR count). The van der Waals surface area contributed by atoms with Gasteiger partial charge in [-0.05, 0) is 30.3 Å². The number of hydrogen-bond donors (Lipinski definition) is 2. The fourth-order valence-corrected chi connectivity index (χ4v) is 2.66. The Morgan fingerprint density at radius 1 is 1.07 bits per heavy atom. The van der Waals surface area contributed by atoms with Gasteiger partial charge in [0.2, 0.25) is 0 Å². The maximum Gasteiger partial charge on any atom is 0.272 e. The van der Waals surface area contributed by atoms with Crippen molar-refractivity contribution in [3.05, 3.63) is 84.4 Å². The number of nitrogens with zero attached hydrogens (tertiary/aromatic N) is 3. The van der Waals surface area contributed by atoms with Crippen molar-refractivity contribution in [3.63, 3.8) is 0 Å². The molecular weight excluding hydrogens is 352 g/mol. The zero-order valence-electron chi connectivity index (χ0n) is 13.9. The first-order chi connectivity index (χ1) is 13.1. The molecular formula is C19H13F2N5O. The lowest BCUT2D eigenvalue weighted by molar-refractivity contribution is 0.102. The molecule has 0 aliphatic carbocycles. The Morgan fingerprint density at radius 3 is 2.70 bits per heavy atom. The van der Waals surface area contributed by atoms with E-state index in [4.69, 9.17) is 0 Å². The summed E-state index contributed by atoms with van der Waals surface area (Å²) in [7, 11) is 0. The predicted octanol–water partition coefficient (Wildman–Crippen LogP) is 3.79. The summed E-state index contributed by atoms with van der Waals surface area (Å²) < 4.78 is 29.0. The fraction of sp³-hybridized carbons (Fsp3) is 0. The van der Waals surface area contributed by atoms with Crippen LogP contribution in [-0.4, -0.2) is 25.7 Å². The van der Waals surface area contributed by atoms with Crippen molar-refractivity contribution in [3.8, 4) is 17.1 Å². The molecule has 0 saturated carbocycles. The number of amides is 1. The topological polar surface area (TPSA) is 75.6 Å². The van der Waals surface area contributed by atoms with E-state index in [1.807, 2.05) is 18.2 Å². The number of benzene rings is 2. The van der Waals surface area contributed by atoms with E-state index in [0.29, 0.717) is 16.9 Å². The lowest BCUT2D eigenvalue weighted by atomic mass is 10.2. The van der Waals surface area contributed by atoms with E-state index >= 15 is 0 Å². The monoisotopic (exact) mass is 365 g/mol. The van der Waals surface area contributed by atoms with Gasteiger partial charge in [-0.1, -0.05) is 24.3 Å². The minimum absolute atomic E-state index is 0.0218. The standard InChI is InChI=1S/C19H13F2N5O/c20-14-7-4-8-16(17(14)21)26-11-23-25-18(26)12-9-15(22-10-12)19(27)24-13-5-2-1-3-6-13/h1-11,22H,(H,24,27). The van der Waals surface area contributed by atoms with Crippen molar-refractivity contribution < 1.29 is 13.6 Å². The van der Waals surface area contributed by atoms with Crippen LogP contribution in [-0.2, 0) is 0 Å². The number of hydrogen-bond acceptors (Lipinski definition) is 3. The second-order valence-corrected chi connectivity index (χ2v) is 5.72. The Morgan fingerprint density at radius 2 is 1.89 bits per heavy atom. The lowest BCUT2D eigenvalue weighted by Gasteiger charge is -2.07. The molecule has 0 bridgehead atoms. The van der Waals surface area contributed by atoms with Crippen LogP contribution in [0.15, 0.2) is 67.1 Å². The molecule has 0 aliphatic rings. The molecule has 0 radical (unpaired) electrons. The third-order valence-electron chi connectivity index (χ3n) is 3.96. The molecule has 2 aromatic heterocycles. The molecule has 0 aliphatic heterocycles. The highest BCUT2D eigenvalue weighted by molar-refractivity contribution is 6.03. The molecule has 0 saturated heterocycles. The molecule has 8 heteroatoms. The SMILES string of the molecule is O=C(Nc1ccccc1)c1cc(-c2nncn2-c2cccc(F)c2F)c[nH]1. The van der Waals surface area contributed by atoms with Crippen LogP contribution < -0.4 is 5.32 Å². The highest BCUT2D eigenvalue weighted by Crippen LogP contribution is 2.24. The second kappa shape index (κ2) is 6.83. The summed E-state index contributed by atoms with van der Waals surface area (Å²) in [5.41, 5.74) is 1.44. The van der Waals surface area contributed by atoms with Gasteiger partial charge in [-0.3, -0.25) is 9.36 Å². The first kappa shape index (κ1) is 16.6. The molecule has 0 unspecified atom stereocenters. The fourth-order valence-electron chi connectivity index (χ4n) is 2.66. The van der Waals surface area contributed by atoms with E-state index in [-0.39, 0.29) is 17.4 Å². The minimum atomic E-state index is -1.00.